The Kier molecular flexibility index (Phi) is 5.86. The molecule has 0 aliphatic heterocycles. The van der Waals surface area contributed by atoms with Gasteiger partial charge in [-0.05, 0) is 70.7 Å². The Labute approximate surface area is 143 Å². The van der Waals surface area contributed by atoms with Gasteiger partial charge in [0.15, 0.2) is 6.61 Å². The second-order valence-corrected chi connectivity index (χ2v) is 6.21. The van der Waals surface area contributed by atoms with Crippen LogP contribution in [0.1, 0.15) is 18.1 Å². The van der Waals surface area contributed by atoms with E-state index in [0.29, 0.717) is 10.8 Å². The molecular weight excluding hydrogens is 366 g/mol. The second-order valence-electron chi connectivity index (χ2n) is 4.91. The summed E-state index contributed by atoms with van der Waals surface area (Å²) < 4.78 is 6.40. The Morgan fingerprint density at radius 2 is 2.05 bits per heavy atom. The van der Waals surface area contributed by atoms with Crippen LogP contribution in [-0.4, -0.2) is 12.5 Å². The van der Waals surface area contributed by atoms with Gasteiger partial charge in [0, 0.05) is 10.7 Å². The number of benzene rings is 2. The van der Waals surface area contributed by atoms with Gasteiger partial charge in [0.1, 0.15) is 5.75 Å². The molecule has 2 aromatic rings. The second kappa shape index (κ2) is 7.65. The summed E-state index contributed by atoms with van der Waals surface area (Å²) in [5.41, 5.74) is 2.85. The van der Waals surface area contributed by atoms with E-state index in [-0.39, 0.29) is 12.5 Å². The van der Waals surface area contributed by atoms with Crippen molar-refractivity contribution in [1.82, 2.24) is 0 Å². The van der Waals surface area contributed by atoms with Crippen LogP contribution < -0.4 is 10.1 Å². The zero-order chi connectivity index (χ0) is 16.1. The Hall–Kier alpha value is -1.52. The van der Waals surface area contributed by atoms with Gasteiger partial charge in [-0.1, -0.05) is 24.6 Å². The molecular formula is C17H17BrClNO2. The van der Waals surface area contributed by atoms with Crippen molar-refractivity contribution in [3.63, 3.8) is 0 Å². The zero-order valence-corrected chi connectivity index (χ0v) is 14.8. The normalized spacial score (nSPS) is 10.4. The molecule has 0 aliphatic carbocycles. The summed E-state index contributed by atoms with van der Waals surface area (Å²) in [6, 6.07) is 11.2. The largest absolute Gasteiger partial charge is 0.483 e. The Balaban J connectivity index is 1.95. The fourth-order valence-electron chi connectivity index (χ4n) is 1.98. The molecule has 0 bridgehead atoms. The highest BCUT2D eigenvalue weighted by atomic mass is 79.9. The molecule has 1 amide bonds. The molecule has 0 unspecified atom stereocenters. The van der Waals surface area contributed by atoms with Crippen LogP contribution in [0.15, 0.2) is 40.9 Å². The van der Waals surface area contributed by atoms with Gasteiger partial charge in [-0.3, -0.25) is 4.79 Å². The SMILES string of the molecule is CCc1ccc(OCC(=O)Nc2ccc(Cl)cc2C)c(Br)c1. The molecule has 0 atom stereocenters. The quantitative estimate of drug-likeness (QED) is 0.791. The third-order valence-corrected chi connectivity index (χ3v) is 4.08. The van der Waals surface area contributed by atoms with E-state index in [4.69, 9.17) is 16.3 Å². The Bertz CT molecular complexity index is 688. The van der Waals surface area contributed by atoms with Crippen molar-refractivity contribution in [1.29, 1.82) is 0 Å². The first kappa shape index (κ1) is 16.8. The number of halogens is 2. The van der Waals surface area contributed by atoms with Crippen LogP contribution in [0.25, 0.3) is 0 Å². The maximum atomic E-state index is 12.0. The van der Waals surface area contributed by atoms with Gasteiger partial charge in [0.2, 0.25) is 0 Å². The number of carbonyl (C=O) groups excluding carboxylic acids is 1. The van der Waals surface area contributed by atoms with Crippen molar-refractivity contribution in [2.45, 2.75) is 20.3 Å². The molecule has 0 aromatic heterocycles. The number of aryl methyl sites for hydroxylation is 2. The molecule has 2 aromatic carbocycles. The van der Waals surface area contributed by atoms with Crippen LogP contribution in [0.4, 0.5) is 5.69 Å². The van der Waals surface area contributed by atoms with Gasteiger partial charge >= 0.3 is 0 Å². The fraction of sp³-hybridized carbons (Fsp3) is 0.235. The Morgan fingerprint density at radius 1 is 1.27 bits per heavy atom. The summed E-state index contributed by atoms with van der Waals surface area (Å²) in [6.45, 7) is 3.93. The number of anilines is 1. The van der Waals surface area contributed by atoms with Crippen molar-refractivity contribution in [3.05, 3.63) is 57.0 Å². The molecule has 5 heteroatoms. The summed E-state index contributed by atoms with van der Waals surface area (Å²) in [5.74, 6) is 0.442. The van der Waals surface area contributed by atoms with Crippen molar-refractivity contribution in [2.75, 3.05) is 11.9 Å². The van der Waals surface area contributed by atoms with Crippen LogP contribution in [0.5, 0.6) is 5.75 Å². The van der Waals surface area contributed by atoms with Gasteiger partial charge in [-0.25, -0.2) is 0 Å². The maximum Gasteiger partial charge on any atom is 0.262 e. The van der Waals surface area contributed by atoms with Crippen LogP contribution in [-0.2, 0) is 11.2 Å². The lowest BCUT2D eigenvalue weighted by atomic mass is 10.2. The third-order valence-electron chi connectivity index (χ3n) is 3.23. The maximum absolute atomic E-state index is 12.0. The highest BCUT2D eigenvalue weighted by molar-refractivity contribution is 9.10. The lowest BCUT2D eigenvalue weighted by Crippen LogP contribution is -2.20. The number of nitrogens with one attached hydrogen (secondary N) is 1. The average Bonchev–Trinajstić information content (AvgIpc) is 2.48. The monoisotopic (exact) mass is 381 g/mol. The molecule has 0 aliphatic rings. The van der Waals surface area contributed by atoms with E-state index in [0.717, 1.165) is 22.1 Å². The molecule has 22 heavy (non-hydrogen) atoms. The zero-order valence-electron chi connectivity index (χ0n) is 12.5. The molecule has 116 valence electrons. The standard InChI is InChI=1S/C17H17BrClNO2/c1-3-12-4-7-16(14(18)9-12)22-10-17(21)20-15-6-5-13(19)8-11(15)2/h4-9H,3,10H2,1-2H3,(H,20,21). The summed E-state index contributed by atoms with van der Waals surface area (Å²) >= 11 is 9.35. The lowest BCUT2D eigenvalue weighted by molar-refractivity contribution is -0.118. The molecule has 0 saturated heterocycles. The van der Waals surface area contributed by atoms with E-state index in [2.05, 4.69) is 28.2 Å². The predicted molar refractivity (Wildman–Crippen MR) is 93.8 cm³/mol. The first-order valence-electron chi connectivity index (χ1n) is 6.97. The van der Waals surface area contributed by atoms with Gasteiger partial charge in [-0.15, -0.1) is 0 Å². The third kappa shape index (κ3) is 4.49. The Morgan fingerprint density at radius 3 is 2.68 bits per heavy atom. The van der Waals surface area contributed by atoms with Crippen LogP contribution >= 0.6 is 27.5 Å². The van der Waals surface area contributed by atoms with E-state index in [1.807, 2.05) is 25.1 Å². The number of hydrogen-bond acceptors (Lipinski definition) is 2. The fourth-order valence-corrected chi connectivity index (χ4v) is 2.75. The first-order chi connectivity index (χ1) is 10.5. The minimum absolute atomic E-state index is 0.0495. The average molecular weight is 383 g/mol. The van der Waals surface area contributed by atoms with Crippen molar-refractivity contribution in [3.8, 4) is 5.75 Å². The summed E-state index contributed by atoms with van der Waals surface area (Å²) in [5, 5.41) is 3.46. The van der Waals surface area contributed by atoms with E-state index >= 15 is 0 Å². The molecule has 1 N–H and O–H groups in total. The smallest absolute Gasteiger partial charge is 0.262 e. The first-order valence-corrected chi connectivity index (χ1v) is 8.14. The molecule has 0 spiro atoms. The van der Waals surface area contributed by atoms with Crippen LogP contribution in [0.2, 0.25) is 5.02 Å². The number of hydrogen-bond donors (Lipinski definition) is 1. The van der Waals surface area contributed by atoms with E-state index in [9.17, 15) is 4.79 Å². The molecule has 2 rings (SSSR count). The number of ether oxygens (including phenoxy) is 1. The summed E-state index contributed by atoms with van der Waals surface area (Å²) in [7, 11) is 0. The van der Waals surface area contributed by atoms with Gasteiger partial charge < -0.3 is 10.1 Å². The van der Waals surface area contributed by atoms with E-state index in [1.54, 1.807) is 18.2 Å². The number of carbonyl (C=O) groups is 1. The topological polar surface area (TPSA) is 38.3 Å². The van der Waals surface area contributed by atoms with Crippen molar-refractivity contribution in [2.24, 2.45) is 0 Å². The predicted octanol–water partition coefficient (Wildman–Crippen LogP) is 4.99. The molecule has 0 radical (unpaired) electrons. The lowest BCUT2D eigenvalue weighted by Gasteiger charge is -2.11. The van der Waals surface area contributed by atoms with Crippen LogP contribution in [0.3, 0.4) is 0 Å². The molecule has 0 fully saturated rings. The molecule has 3 nitrogen and oxygen atoms in total. The molecule has 0 heterocycles. The summed E-state index contributed by atoms with van der Waals surface area (Å²) in [4.78, 5) is 12.0. The minimum Gasteiger partial charge on any atom is -0.483 e. The minimum atomic E-state index is -0.211. The number of rotatable bonds is 5. The van der Waals surface area contributed by atoms with E-state index < -0.39 is 0 Å². The van der Waals surface area contributed by atoms with Crippen molar-refractivity contribution < 1.29 is 9.53 Å². The molecule has 0 saturated carbocycles. The number of amides is 1. The highest BCUT2D eigenvalue weighted by Gasteiger charge is 2.08. The van der Waals surface area contributed by atoms with Gasteiger partial charge in [0.05, 0.1) is 4.47 Å². The van der Waals surface area contributed by atoms with Crippen molar-refractivity contribution >= 4 is 39.1 Å². The highest BCUT2D eigenvalue weighted by Crippen LogP contribution is 2.26. The van der Waals surface area contributed by atoms with Gasteiger partial charge in [0.25, 0.3) is 5.91 Å². The van der Waals surface area contributed by atoms with Crippen LogP contribution in [0, 0.1) is 6.92 Å². The summed E-state index contributed by atoms with van der Waals surface area (Å²) in [6.07, 6.45) is 0.954. The van der Waals surface area contributed by atoms with E-state index in [1.165, 1.54) is 5.56 Å². The van der Waals surface area contributed by atoms with Gasteiger partial charge in [-0.2, -0.15) is 0 Å².